The van der Waals surface area contributed by atoms with Crippen LogP contribution in [0.3, 0.4) is 0 Å². The number of thiocarbonyl (C=S) groups is 1. The van der Waals surface area contributed by atoms with Crippen molar-refractivity contribution in [2.75, 3.05) is 6.54 Å². The van der Waals surface area contributed by atoms with Gasteiger partial charge in [0.15, 0.2) is 0 Å². The van der Waals surface area contributed by atoms with E-state index in [-0.39, 0.29) is 48.1 Å². The van der Waals surface area contributed by atoms with Crippen LogP contribution in [0.15, 0.2) is 39.7 Å². The standard InChI is InChI=1S/C18H14N2O7S2/c21-13-5-3-10(20(25)26)8-12(13)14-6-4-11(27-14)9-15-17(24)19(18(28)29-15)7-1-2-16(22)23/h3-6,8-9,21H,1-2,7H2,(H,22,23). The first kappa shape index (κ1) is 20.6. The van der Waals surface area contributed by atoms with E-state index in [4.69, 9.17) is 21.7 Å². The van der Waals surface area contributed by atoms with Gasteiger partial charge >= 0.3 is 5.97 Å². The van der Waals surface area contributed by atoms with Gasteiger partial charge < -0.3 is 14.6 Å². The van der Waals surface area contributed by atoms with E-state index in [9.17, 15) is 24.8 Å². The summed E-state index contributed by atoms with van der Waals surface area (Å²) in [6.45, 7) is 0.208. The second-order valence-corrected chi connectivity index (χ2v) is 7.67. The number of carboxylic acid groups (broad SMARTS) is 1. The van der Waals surface area contributed by atoms with Crippen molar-refractivity contribution in [2.45, 2.75) is 12.8 Å². The highest BCUT2D eigenvalue weighted by Gasteiger charge is 2.32. The minimum atomic E-state index is -0.946. The highest BCUT2D eigenvalue weighted by Crippen LogP contribution is 2.36. The van der Waals surface area contributed by atoms with Crippen LogP contribution in [-0.4, -0.2) is 42.8 Å². The number of hydrogen-bond donors (Lipinski definition) is 2. The summed E-state index contributed by atoms with van der Waals surface area (Å²) in [4.78, 5) is 35.1. The number of phenols is 1. The van der Waals surface area contributed by atoms with Gasteiger partial charge in [-0.2, -0.15) is 0 Å². The van der Waals surface area contributed by atoms with E-state index in [0.29, 0.717) is 15.0 Å². The number of amides is 1. The molecule has 11 heteroatoms. The summed E-state index contributed by atoms with van der Waals surface area (Å²) < 4.78 is 5.94. The lowest BCUT2D eigenvalue weighted by Crippen LogP contribution is -2.29. The molecule has 1 saturated heterocycles. The van der Waals surface area contributed by atoms with Gasteiger partial charge in [-0.15, -0.1) is 0 Å². The van der Waals surface area contributed by atoms with Crippen LogP contribution >= 0.6 is 24.0 Å². The zero-order chi connectivity index (χ0) is 21.1. The van der Waals surface area contributed by atoms with E-state index in [1.807, 2.05) is 0 Å². The van der Waals surface area contributed by atoms with Gasteiger partial charge in [0.05, 0.1) is 15.4 Å². The van der Waals surface area contributed by atoms with Crippen molar-refractivity contribution >= 4 is 51.9 Å². The highest BCUT2D eigenvalue weighted by atomic mass is 32.2. The fraction of sp³-hybridized carbons (Fsp3) is 0.167. The molecule has 1 amide bonds. The Bertz CT molecular complexity index is 1040. The second-order valence-electron chi connectivity index (χ2n) is 5.99. The van der Waals surface area contributed by atoms with Crippen LogP contribution in [0.25, 0.3) is 17.4 Å². The third-order valence-electron chi connectivity index (χ3n) is 4.00. The number of thioether (sulfide) groups is 1. The minimum Gasteiger partial charge on any atom is -0.507 e. The lowest BCUT2D eigenvalue weighted by molar-refractivity contribution is -0.384. The maximum absolute atomic E-state index is 12.5. The lowest BCUT2D eigenvalue weighted by atomic mass is 10.1. The topological polar surface area (TPSA) is 134 Å². The van der Waals surface area contributed by atoms with E-state index in [2.05, 4.69) is 0 Å². The fourth-order valence-corrected chi connectivity index (χ4v) is 3.91. The van der Waals surface area contributed by atoms with Gasteiger partial charge in [-0.3, -0.25) is 24.6 Å². The van der Waals surface area contributed by atoms with Crippen LogP contribution < -0.4 is 0 Å². The molecule has 0 radical (unpaired) electrons. The molecular weight excluding hydrogens is 420 g/mol. The minimum absolute atomic E-state index is 0.0651. The summed E-state index contributed by atoms with van der Waals surface area (Å²) >= 11 is 6.25. The molecule has 1 fully saturated rings. The highest BCUT2D eigenvalue weighted by molar-refractivity contribution is 8.26. The van der Waals surface area contributed by atoms with Crippen LogP contribution in [0.5, 0.6) is 5.75 Å². The van der Waals surface area contributed by atoms with Gasteiger partial charge in [0.2, 0.25) is 0 Å². The molecule has 2 aromatic rings. The SMILES string of the molecule is O=C(O)CCCN1C(=O)C(=Cc2ccc(-c3cc([N+](=O)[O-])ccc3O)o2)SC1=S. The number of carbonyl (C=O) groups is 2. The molecule has 0 bridgehead atoms. The van der Waals surface area contributed by atoms with Crippen molar-refractivity contribution in [1.82, 2.24) is 4.90 Å². The largest absolute Gasteiger partial charge is 0.507 e. The molecule has 0 saturated carbocycles. The van der Waals surface area contributed by atoms with E-state index < -0.39 is 10.9 Å². The molecule has 9 nitrogen and oxygen atoms in total. The van der Waals surface area contributed by atoms with Crippen molar-refractivity contribution in [3.05, 3.63) is 51.1 Å². The Balaban J connectivity index is 1.79. The number of nitro benzene ring substituents is 1. The van der Waals surface area contributed by atoms with Crippen molar-refractivity contribution in [1.29, 1.82) is 0 Å². The third kappa shape index (κ3) is 4.63. The van der Waals surface area contributed by atoms with Crippen molar-refractivity contribution in [3.8, 4) is 17.1 Å². The van der Waals surface area contributed by atoms with Gasteiger partial charge in [0, 0.05) is 31.2 Å². The molecule has 1 aliphatic rings. The molecule has 2 heterocycles. The van der Waals surface area contributed by atoms with Gasteiger partial charge in [-0.05, 0) is 24.6 Å². The molecule has 1 aromatic carbocycles. The van der Waals surface area contributed by atoms with Crippen LogP contribution in [0.2, 0.25) is 0 Å². The predicted molar refractivity (Wildman–Crippen MR) is 109 cm³/mol. The molecule has 0 unspecified atom stereocenters. The van der Waals surface area contributed by atoms with Crippen molar-refractivity contribution < 1.29 is 29.1 Å². The monoisotopic (exact) mass is 434 g/mol. The summed E-state index contributed by atoms with van der Waals surface area (Å²) in [7, 11) is 0. The number of non-ortho nitro benzene ring substituents is 1. The van der Waals surface area contributed by atoms with Gasteiger partial charge in [0.1, 0.15) is 21.6 Å². The first-order chi connectivity index (χ1) is 13.8. The first-order valence-corrected chi connectivity index (χ1v) is 9.53. The average molecular weight is 434 g/mol. The zero-order valence-corrected chi connectivity index (χ0v) is 16.4. The zero-order valence-electron chi connectivity index (χ0n) is 14.7. The maximum Gasteiger partial charge on any atom is 0.303 e. The van der Waals surface area contributed by atoms with Crippen molar-refractivity contribution in [2.24, 2.45) is 0 Å². The number of aliphatic carboxylic acids is 1. The van der Waals surface area contributed by atoms with Crippen molar-refractivity contribution in [3.63, 3.8) is 0 Å². The Hall–Kier alpha value is -3.18. The Labute approximate surface area is 173 Å². The molecule has 150 valence electrons. The van der Waals surface area contributed by atoms with E-state index in [1.54, 1.807) is 6.07 Å². The molecule has 1 aromatic heterocycles. The summed E-state index contributed by atoms with van der Waals surface area (Å²) in [5.41, 5.74) is -0.0435. The quantitative estimate of drug-likeness (QED) is 0.290. The number of furan rings is 1. The normalized spacial score (nSPS) is 15.3. The number of hydrogen-bond acceptors (Lipinski definition) is 8. The Morgan fingerprint density at radius 1 is 1.34 bits per heavy atom. The lowest BCUT2D eigenvalue weighted by Gasteiger charge is -2.13. The molecule has 1 aliphatic heterocycles. The summed E-state index contributed by atoms with van der Waals surface area (Å²) in [5.74, 6) is -0.965. The third-order valence-corrected chi connectivity index (χ3v) is 5.38. The van der Waals surface area contributed by atoms with Gasteiger partial charge in [-0.1, -0.05) is 24.0 Å². The van der Waals surface area contributed by atoms with Crippen LogP contribution in [0, 0.1) is 10.1 Å². The number of phenolic OH excluding ortho intramolecular Hbond substituents is 1. The number of carboxylic acids is 1. The number of benzene rings is 1. The van der Waals surface area contributed by atoms with Gasteiger partial charge in [0.25, 0.3) is 11.6 Å². The summed E-state index contributed by atoms with van der Waals surface area (Å²) in [6.07, 6.45) is 1.70. The Kier molecular flexibility index (Phi) is 5.99. The summed E-state index contributed by atoms with van der Waals surface area (Å²) in [5, 5.41) is 29.6. The number of nitro groups is 1. The van der Waals surface area contributed by atoms with Gasteiger partial charge in [-0.25, -0.2) is 0 Å². The predicted octanol–water partition coefficient (Wildman–Crippen LogP) is 3.63. The van der Waals surface area contributed by atoms with Crippen LogP contribution in [-0.2, 0) is 9.59 Å². The Morgan fingerprint density at radius 3 is 2.79 bits per heavy atom. The molecule has 0 atom stereocenters. The molecule has 3 rings (SSSR count). The van der Waals surface area contributed by atoms with E-state index >= 15 is 0 Å². The Morgan fingerprint density at radius 2 is 2.10 bits per heavy atom. The smallest absolute Gasteiger partial charge is 0.303 e. The number of nitrogens with zero attached hydrogens (tertiary/aromatic N) is 2. The average Bonchev–Trinajstić information content (AvgIpc) is 3.21. The number of rotatable bonds is 7. The molecule has 0 spiro atoms. The maximum atomic E-state index is 12.5. The number of carbonyl (C=O) groups excluding carboxylic acids is 1. The molecule has 29 heavy (non-hydrogen) atoms. The second kappa shape index (κ2) is 8.45. The first-order valence-electron chi connectivity index (χ1n) is 8.31. The number of aromatic hydroxyl groups is 1. The summed E-state index contributed by atoms with van der Waals surface area (Å²) in [6, 6.07) is 6.67. The molecular formula is C18H14N2O7S2. The fourth-order valence-electron chi connectivity index (χ4n) is 2.62. The van der Waals surface area contributed by atoms with Crippen LogP contribution in [0.4, 0.5) is 5.69 Å². The molecule has 0 aliphatic carbocycles. The van der Waals surface area contributed by atoms with E-state index in [1.165, 1.54) is 35.2 Å². The molecule has 2 N–H and O–H groups in total. The van der Waals surface area contributed by atoms with E-state index in [0.717, 1.165) is 11.8 Å². The van der Waals surface area contributed by atoms with Crippen LogP contribution in [0.1, 0.15) is 18.6 Å².